The molecule has 0 aliphatic heterocycles. The second-order valence-electron chi connectivity index (χ2n) is 6.63. The minimum atomic E-state index is -0.130. The maximum absolute atomic E-state index is 6.79. The van der Waals surface area contributed by atoms with E-state index in [2.05, 4.69) is 18.0 Å². The molecular weight excluding hydrogens is 260 g/mol. The van der Waals surface area contributed by atoms with E-state index in [0.29, 0.717) is 5.92 Å². The molecule has 1 fully saturated rings. The van der Waals surface area contributed by atoms with Gasteiger partial charge in [-0.05, 0) is 44.2 Å². The first-order chi connectivity index (χ1) is 10.3. The summed E-state index contributed by atoms with van der Waals surface area (Å²) >= 11 is 0. The zero-order valence-electron chi connectivity index (χ0n) is 13.2. The number of hydrogen-bond donors (Lipinski definition) is 1. The van der Waals surface area contributed by atoms with Crippen molar-refractivity contribution in [2.75, 3.05) is 6.61 Å². The monoisotopic (exact) mass is 288 g/mol. The molecule has 2 N–H and O–H groups in total. The van der Waals surface area contributed by atoms with Gasteiger partial charge in [0.05, 0.1) is 5.60 Å². The molecule has 2 atom stereocenters. The Balaban J connectivity index is 1.86. The quantitative estimate of drug-likeness (QED) is 0.862. The standard InChI is InChI=1S/C18H28N2O/c1-2-21-18(11-5-3-4-6-12-18)17(19)15-10-9-14-8-7-13-20-16(14)15/h7-8,13,15,17H,2-6,9-12,19H2,1H3. The van der Waals surface area contributed by atoms with Crippen molar-refractivity contribution < 1.29 is 4.74 Å². The van der Waals surface area contributed by atoms with E-state index >= 15 is 0 Å². The number of ether oxygens (including phenoxy) is 1. The lowest BCUT2D eigenvalue weighted by Crippen LogP contribution is -2.53. The molecule has 2 aliphatic rings. The third kappa shape index (κ3) is 2.86. The summed E-state index contributed by atoms with van der Waals surface area (Å²) < 4.78 is 6.29. The van der Waals surface area contributed by atoms with Crippen molar-refractivity contribution in [3.05, 3.63) is 29.6 Å². The predicted molar refractivity (Wildman–Crippen MR) is 85.3 cm³/mol. The van der Waals surface area contributed by atoms with Crippen LogP contribution in [0.2, 0.25) is 0 Å². The first-order valence-corrected chi connectivity index (χ1v) is 8.60. The lowest BCUT2D eigenvalue weighted by molar-refractivity contribution is -0.0740. The molecule has 21 heavy (non-hydrogen) atoms. The highest BCUT2D eigenvalue weighted by atomic mass is 16.5. The Labute approximate surface area is 128 Å². The maximum Gasteiger partial charge on any atom is 0.0839 e. The zero-order chi connectivity index (χ0) is 14.7. The van der Waals surface area contributed by atoms with Gasteiger partial charge >= 0.3 is 0 Å². The molecule has 1 saturated carbocycles. The van der Waals surface area contributed by atoms with Crippen LogP contribution in [-0.2, 0) is 11.2 Å². The third-order valence-corrected chi connectivity index (χ3v) is 5.42. The largest absolute Gasteiger partial charge is 0.374 e. The number of aryl methyl sites for hydroxylation is 1. The molecule has 3 heteroatoms. The number of pyridine rings is 1. The first-order valence-electron chi connectivity index (χ1n) is 8.60. The molecule has 0 amide bonds. The Morgan fingerprint density at radius 2 is 2.10 bits per heavy atom. The van der Waals surface area contributed by atoms with Crippen molar-refractivity contribution in [1.82, 2.24) is 4.98 Å². The lowest BCUT2D eigenvalue weighted by atomic mass is 9.78. The number of fused-ring (bicyclic) bond motifs is 1. The Hall–Kier alpha value is -0.930. The second kappa shape index (κ2) is 6.45. The average molecular weight is 288 g/mol. The molecule has 1 aromatic heterocycles. The molecule has 0 aromatic carbocycles. The summed E-state index contributed by atoms with van der Waals surface area (Å²) in [5, 5.41) is 0. The summed E-state index contributed by atoms with van der Waals surface area (Å²) in [6, 6.07) is 4.32. The molecule has 2 unspecified atom stereocenters. The number of hydrogen-bond acceptors (Lipinski definition) is 3. The fourth-order valence-electron chi connectivity index (χ4n) is 4.35. The summed E-state index contributed by atoms with van der Waals surface area (Å²) in [7, 11) is 0. The van der Waals surface area contributed by atoms with Gasteiger partial charge in [0.15, 0.2) is 0 Å². The molecule has 2 aliphatic carbocycles. The normalized spacial score (nSPS) is 26.1. The predicted octanol–water partition coefficient (Wildman–Crippen LogP) is 3.57. The van der Waals surface area contributed by atoms with Crippen LogP contribution in [0.5, 0.6) is 0 Å². The SMILES string of the molecule is CCOC1(C(N)C2CCc3cccnc32)CCCCCC1. The highest BCUT2D eigenvalue weighted by Gasteiger charge is 2.44. The first kappa shape index (κ1) is 15.0. The van der Waals surface area contributed by atoms with Crippen molar-refractivity contribution in [2.24, 2.45) is 5.73 Å². The maximum atomic E-state index is 6.79. The van der Waals surface area contributed by atoms with Crippen LogP contribution in [-0.4, -0.2) is 23.2 Å². The van der Waals surface area contributed by atoms with Crippen molar-refractivity contribution in [1.29, 1.82) is 0 Å². The molecular formula is C18H28N2O. The van der Waals surface area contributed by atoms with E-state index in [4.69, 9.17) is 10.5 Å². The topological polar surface area (TPSA) is 48.1 Å². The van der Waals surface area contributed by atoms with Gasteiger partial charge in [-0.15, -0.1) is 0 Å². The summed E-state index contributed by atoms with van der Waals surface area (Å²) in [4.78, 5) is 4.64. The van der Waals surface area contributed by atoms with Gasteiger partial charge in [-0.1, -0.05) is 31.7 Å². The highest BCUT2D eigenvalue weighted by molar-refractivity contribution is 5.31. The van der Waals surface area contributed by atoms with Crippen molar-refractivity contribution in [3.8, 4) is 0 Å². The Morgan fingerprint density at radius 1 is 1.33 bits per heavy atom. The van der Waals surface area contributed by atoms with Gasteiger partial charge in [0, 0.05) is 30.5 Å². The van der Waals surface area contributed by atoms with Crippen LogP contribution in [0, 0.1) is 0 Å². The summed E-state index contributed by atoms with van der Waals surface area (Å²) in [6.45, 7) is 2.86. The fourth-order valence-corrected chi connectivity index (χ4v) is 4.35. The van der Waals surface area contributed by atoms with Crippen molar-refractivity contribution in [2.45, 2.75) is 75.9 Å². The summed E-state index contributed by atoms with van der Waals surface area (Å²) in [5.74, 6) is 0.367. The second-order valence-corrected chi connectivity index (χ2v) is 6.63. The van der Waals surface area contributed by atoms with Gasteiger partial charge in [0.25, 0.3) is 0 Å². The molecule has 1 heterocycles. The number of rotatable bonds is 4. The number of aromatic nitrogens is 1. The van der Waals surface area contributed by atoms with Crippen LogP contribution in [0.1, 0.15) is 69.0 Å². The minimum absolute atomic E-state index is 0.0756. The summed E-state index contributed by atoms with van der Waals surface area (Å²) in [6.07, 6.45) is 11.5. The van der Waals surface area contributed by atoms with E-state index in [1.54, 1.807) is 0 Å². The van der Waals surface area contributed by atoms with Gasteiger partial charge in [-0.3, -0.25) is 4.98 Å². The van der Waals surface area contributed by atoms with Gasteiger partial charge in [-0.25, -0.2) is 0 Å². The zero-order valence-corrected chi connectivity index (χ0v) is 13.2. The van der Waals surface area contributed by atoms with E-state index in [9.17, 15) is 0 Å². The molecule has 0 spiro atoms. The third-order valence-electron chi connectivity index (χ3n) is 5.42. The van der Waals surface area contributed by atoms with Crippen LogP contribution in [0.15, 0.2) is 18.3 Å². The fraction of sp³-hybridized carbons (Fsp3) is 0.722. The Bertz CT molecular complexity index is 466. The van der Waals surface area contributed by atoms with Crippen molar-refractivity contribution >= 4 is 0 Å². The Kier molecular flexibility index (Phi) is 4.60. The summed E-state index contributed by atoms with van der Waals surface area (Å²) in [5.41, 5.74) is 9.28. The van der Waals surface area contributed by atoms with Crippen molar-refractivity contribution in [3.63, 3.8) is 0 Å². The number of nitrogens with two attached hydrogens (primary N) is 1. The minimum Gasteiger partial charge on any atom is -0.374 e. The molecule has 3 nitrogen and oxygen atoms in total. The molecule has 0 saturated heterocycles. The Morgan fingerprint density at radius 3 is 2.81 bits per heavy atom. The van der Waals surface area contributed by atoms with E-state index < -0.39 is 0 Å². The van der Waals surface area contributed by atoms with Crippen LogP contribution >= 0.6 is 0 Å². The smallest absolute Gasteiger partial charge is 0.0839 e. The highest BCUT2D eigenvalue weighted by Crippen LogP contribution is 2.42. The lowest BCUT2D eigenvalue weighted by Gasteiger charge is -2.41. The van der Waals surface area contributed by atoms with Crippen LogP contribution in [0.3, 0.4) is 0 Å². The molecule has 3 rings (SSSR count). The molecule has 0 bridgehead atoms. The average Bonchev–Trinajstić information content (AvgIpc) is 2.79. The van der Waals surface area contributed by atoms with E-state index in [1.165, 1.54) is 36.9 Å². The molecule has 0 radical (unpaired) electrons. The van der Waals surface area contributed by atoms with Gasteiger partial charge in [0.1, 0.15) is 0 Å². The van der Waals surface area contributed by atoms with Crippen LogP contribution < -0.4 is 5.73 Å². The van der Waals surface area contributed by atoms with Gasteiger partial charge in [0.2, 0.25) is 0 Å². The molecule has 1 aromatic rings. The van der Waals surface area contributed by atoms with E-state index in [1.807, 2.05) is 12.3 Å². The molecule has 116 valence electrons. The van der Waals surface area contributed by atoms with E-state index in [0.717, 1.165) is 32.3 Å². The van der Waals surface area contributed by atoms with E-state index in [-0.39, 0.29) is 11.6 Å². The number of nitrogens with zero attached hydrogens (tertiary/aromatic N) is 1. The van der Waals surface area contributed by atoms with Crippen LogP contribution in [0.25, 0.3) is 0 Å². The van der Waals surface area contributed by atoms with Crippen LogP contribution in [0.4, 0.5) is 0 Å². The van der Waals surface area contributed by atoms with Gasteiger partial charge < -0.3 is 10.5 Å². The van der Waals surface area contributed by atoms with Gasteiger partial charge in [-0.2, -0.15) is 0 Å².